The second-order valence-corrected chi connectivity index (χ2v) is 3.00. The van der Waals surface area contributed by atoms with Crippen LogP contribution in [0, 0.1) is 0 Å². The molecule has 0 bridgehead atoms. The third-order valence-electron chi connectivity index (χ3n) is 0.190. The van der Waals surface area contributed by atoms with Crippen LogP contribution in [0.2, 0.25) is 0 Å². The number of halogens is 4. The van der Waals surface area contributed by atoms with Crippen molar-refractivity contribution >= 4 is 84.1 Å². The molecule has 0 amide bonds. The van der Waals surface area contributed by atoms with Crippen molar-refractivity contribution < 1.29 is 0 Å². The van der Waals surface area contributed by atoms with Gasteiger partial charge in [-0.05, 0) is 0 Å². The minimum absolute atomic E-state index is 0. The summed E-state index contributed by atoms with van der Waals surface area (Å²) in [5.41, 5.74) is 0. The molecule has 0 saturated carbocycles. The minimum atomic E-state index is -0.673. The molecule has 0 unspecified atom stereocenters. The topological polar surface area (TPSA) is 0 Å². The summed E-state index contributed by atoms with van der Waals surface area (Å²) < 4.78 is 0. The molecule has 0 radical (unpaired) electrons. The Bertz CT molecular complexity index is 30.7. The summed E-state index contributed by atoms with van der Waals surface area (Å²) in [5, 5.41) is 0. The van der Waals surface area contributed by atoms with E-state index in [0.29, 0.717) is 0 Å². The van der Waals surface area contributed by atoms with Crippen LogP contribution in [0.3, 0.4) is 0 Å². The number of hydrogen-bond donors (Lipinski definition) is 0. The Morgan fingerprint density at radius 2 is 0.857 bits per heavy atom. The fraction of sp³-hybridized carbons (Fsp3) is 1.00. The van der Waals surface area contributed by atoms with Gasteiger partial charge in [0.25, 0.3) is 0 Å². The van der Waals surface area contributed by atoms with Gasteiger partial charge in [-0.1, -0.05) is 0 Å². The molecule has 42 valence electrons. The van der Waals surface area contributed by atoms with Crippen LogP contribution in [0.5, 0.6) is 0 Å². The van der Waals surface area contributed by atoms with Gasteiger partial charge in [-0.25, -0.2) is 0 Å². The van der Waals surface area contributed by atoms with E-state index < -0.39 is 9.67 Å². The Hall–Kier alpha value is 2.42. The molecule has 0 atom stereocenters. The van der Waals surface area contributed by atoms with Crippen LogP contribution in [0.25, 0.3) is 0 Å². The van der Waals surface area contributed by atoms with Gasteiger partial charge in [0.15, 0.2) is 0 Å². The zero-order valence-corrected chi connectivity index (χ0v) is 5.69. The van der Waals surface area contributed by atoms with Crippen LogP contribution in [-0.4, -0.2) is 47.4 Å². The van der Waals surface area contributed by atoms with Gasteiger partial charge in [-0.3, -0.25) is 0 Å². The summed E-state index contributed by atoms with van der Waals surface area (Å²) in [6.45, 7) is 0. The van der Waals surface area contributed by atoms with E-state index in [0.717, 1.165) is 0 Å². The fourth-order valence-electron chi connectivity index (χ4n) is 0. The van der Waals surface area contributed by atoms with Crippen LogP contribution < -0.4 is 0 Å². The second kappa shape index (κ2) is 6.54. The second-order valence-electron chi connectivity index (χ2n) is 0.669. The first-order valence-electron chi connectivity index (χ1n) is 1.21. The number of hydrogen-bond acceptors (Lipinski definition) is 0. The summed E-state index contributed by atoms with van der Waals surface area (Å²) >= 11 is 20.5. The molecule has 0 fully saturated rings. The van der Waals surface area contributed by atoms with Gasteiger partial charge in [0.1, 0.15) is 9.67 Å². The van der Waals surface area contributed by atoms with Crippen molar-refractivity contribution in [1.82, 2.24) is 0 Å². The Balaban J connectivity index is 0. The van der Waals surface area contributed by atoms with E-state index in [1.54, 1.807) is 0 Å². The molecule has 0 N–H and O–H groups in total. The number of alkyl halides is 4. The molecule has 5 heteroatoms. The standard InChI is InChI=1S/C2H2Cl4.Ca.2H/c3-1(4)2(5)6;;;/h1-2H;;;. The van der Waals surface area contributed by atoms with E-state index in [1.807, 2.05) is 0 Å². The summed E-state index contributed by atoms with van der Waals surface area (Å²) in [6, 6.07) is 0. The Labute approximate surface area is 92.4 Å². The SMILES string of the molecule is ClC(Cl)C(Cl)Cl.[CaH2]. The van der Waals surface area contributed by atoms with Crippen molar-refractivity contribution in [1.29, 1.82) is 0 Å². The first-order chi connectivity index (χ1) is 2.64. The molecule has 7 heavy (non-hydrogen) atoms. The van der Waals surface area contributed by atoms with Crippen LogP contribution in [0.4, 0.5) is 0 Å². The van der Waals surface area contributed by atoms with E-state index in [-0.39, 0.29) is 37.7 Å². The molecule has 0 aromatic heterocycles. The van der Waals surface area contributed by atoms with E-state index >= 15 is 0 Å². The molecular weight excluding hydrogens is 206 g/mol. The molecule has 0 spiro atoms. The van der Waals surface area contributed by atoms with Gasteiger partial charge >= 0.3 is 37.7 Å². The predicted molar refractivity (Wildman–Crippen MR) is 39.5 cm³/mol. The molecule has 0 aromatic carbocycles. The molecule has 0 heterocycles. The van der Waals surface area contributed by atoms with Gasteiger partial charge in [-0.15, -0.1) is 46.4 Å². The molecule has 0 aliphatic carbocycles. The van der Waals surface area contributed by atoms with E-state index in [4.69, 9.17) is 46.4 Å². The van der Waals surface area contributed by atoms with Crippen molar-refractivity contribution in [3.8, 4) is 0 Å². The van der Waals surface area contributed by atoms with E-state index in [9.17, 15) is 0 Å². The van der Waals surface area contributed by atoms with E-state index in [2.05, 4.69) is 0 Å². The molecule has 0 saturated heterocycles. The average molecular weight is 210 g/mol. The van der Waals surface area contributed by atoms with Crippen molar-refractivity contribution in [3.05, 3.63) is 0 Å². The van der Waals surface area contributed by atoms with Crippen molar-refractivity contribution in [3.63, 3.8) is 0 Å². The van der Waals surface area contributed by atoms with Gasteiger partial charge in [0, 0.05) is 0 Å². The predicted octanol–water partition coefficient (Wildman–Crippen LogP) is 1.68. The number of rotatable bonds is 1. The molecule has 0 aliphatic rings. The van der Waals surface area contributed by atoms with Crippen molar-refractivity contribution in [2.45, 2.75) is 9.67 Å². The van der Waals surface area contributed by atoms with Crippen molar-refractivity contribution in [2.75, 3.05) is 0 Å². The molecule has 0 aliphatic heterocycles. The zero-order valence-electron chi connectivity index (χ0n) is 2.67. The van der Waals surface area contributed by atoms with Crippen LogP contribution in [-0.2, 0) is 0 Å². The molecule has 0 nitrogen and oxygen atoms in total. The van der Waals surface area contributed by atoms with Crippen LogP contribution in [0.1, 0.15) is 0 Å². The summed E-state index contributed by atoms with van der Waals surface area (Å²) in [7, 11) is 0. The van der Waals surface area contributed by atoms with Crippen LogP contribution in [0.15, 0.2) is 0 Å². The first-order valence-corrected chi connectivity index (χ1v) is 2.95. The molecule has 0 aromatic rings. The van der Waals surface area contributed by atoms with Gasteiger partial charge in [0.05, 0.1) is 0 Å². The molecule has 0 rings (SSSR count). The monoisotopic (exact) mass is 208 g/mol. The molecular formula is C2H4CaCl4. The van der Waals surface area contributed by atoms with E-state index in [1.165, 1.54) is 0 Å². The third-order valence-corrected chi connectivity index (χ3v) is 1.71. The van der Waals surface area contributed by atoms with Gasteiger partial charge < -0.3 is 0 Å². The first kappa shape index (κ1) is 12.1. The average Bonchev–Trinajstić information content (AvgIpc) is 1.36. The van der Waals surface area contributed by atoms with Gasteiger partial charge in [0.2, 0.25) is 0 Å². The fourth-order valence-corrected chi connectivity index (χ4v) is 0. The summed E-state index contributed by atoms with van der Waals surface area (Å²) in [4.78, 5) is -1.35. The van der Waals surface area contributed by atoms with Gasteiger partial charge in [-0.2, -0.15) is 0 Å². The normalized spacial score (nSPS) is 9.43. The Morgan fingerprint density at radius 3 is 0.857 bits per heavy atom. The van der Waals surface area contributed by atoms with Crippen LogP contribution >= 0.6 is 46.4 Å². The third kappa shape index (κ3) is 8.42. The summed E-state index contributed by atoms with van der Waals surface area (Å²) in [5.74, 6) is 0. The Morgan fingerprint density at radius 1 is 0.714 bits per heavy atom. The Kier molecular flexibility index (Phi) is 11.3. The maximum absolute atomic E-state index is 5.11. The van der Waals surface area contributed by atoms with Crippen molar-refractivity contribution in [2.24, 2.45) is 0 Å². The summed E-state index contributed by atoms with van der Waals surface area (Å²) in [6.07, 6.45) is 0. The zero-order chi connectivity index (χ0) is 5.15. The quantitative estimate of drug-likeness (QED) is 0.456. The maximum atomic E-state index is 5.11.